The average Bonchev–Trinajstić information content (AvgIpc) is 2.89. The number of aliphatic carboxylic acids is 1. The van der Waals surface area contributed by atoms with Gasteiger partial charge >= 0.3 is 18.1 Å². The summed E-state index contributed by atoms with van der Waals surface area (Å²) in [5.74, 6) is -3.99. The number of piperazine rings is 1. The minimum absolute atomic E-state index is 0.0177. The first kappa shape index (κ1) is 32.3. The lowest BCUT2D eigenvalue weighted by molar-refractivity contribution is -0.192. The topological polar surface area (TPSA) is 166 Å². The summed E-state index contributed by atoms with van der Waals surface area (Å²) in [6.07, 6.45) is -5.08. The minimum Gasteiger partial charge on any atom is -0.478 e. The number of ether oxygens (including phenoxy) is 1. The summed E-state index contributed by atoms with van der Waals surface area (Å²) in [5.41, 5.74) is 0.768. The Morgan fingerprint density at radius 1 is 1.00 bits per heavy atom. The fourth-order valence-electron chi connectivity index (χ4n) is 3.53. The van der Waals surface area contributed by atoms with Crippen LogP contribution in [0.25, 0.3) is 0 Å². The molecule has 40 heavy (non-hydrogen) atoms. The smallest absolute Gasteiger partial charge is 0.478 e. The third-order valence-electron chi connectivity index (χ3n) is 5.49. The number of benzene rings is 2. The van der Waals surface area contributed by atoms with Crippen molar-refractivity contribution in [1.82, 2.24) is 10.2 Å². The van der Waals surface area contributed by atoms with Crippen molar-refractivity contribution in [2.24, 2.45) is 0 Å². The molecule has 1 fully saturated rings. The summed E-state index contributed by atoms with van der Waals surface area (Å²) in [6.45, 7) is 3.48. The molecule has 1 aliphatic heterocycles. The number of amides is 1. The number of sulfonamides is 1. The normalized spacial score (nSPS) is 14.1. The zero-order valence-corrected chi connectivity index (χ0v) is 22.2. The van der Waals surface area contributed by atoms with E-state index in [1.54, 1.807) is 31.4 Å². The number of anilines is 2. The molecule has 16 heteroatoms. The quantitative estimate of drug-likeness (QED) is 0.299. The Hall–Kier alpha value is -3.89. The maximum Gasteiger partial charge on any atom is 0.490 e. The number of halogens is 3. The second-order valence-corrected chi connectivity index (χ2v) is 10.0. The van der Waals surface area contributed by atoms with Gasteiger partial charge in [-0.3, -0.25) is 14.4 Å². The molecule has 2 aromatic carbocycles. The number of nitrogens with zero attached hydrogens (tertiary/aromatic N) is 2. The van der Waals surface area contributed by atoms with Gasteiger partial charge in [-0.15, -0.1) is 0 Å². The van der Waals surface area contributed by atoms with E-state index in [4.69, 9.17) is 14.6 Å². The second-order valence-electron chi connectivity index (χ2n) is 8.36. The van der Waals surface area contributed by atoms with Gasteiger partial charge in [0, 0.05) is 39.8 Å². The van der Waals surface area contributed by atoms with Gasteiger partial charge in [0.2, 0.25) is 5.91 Å². The number of carbonyl (C=O) groups excluding carboxylic acids is 1. The largest absolute Gasteiger partial charge is 0.490 e. The summed E-state index contributed by atoms with van der Waals surface area (Å²) < 4.78 is 64.9. The van der Waals surface area contributed by atoms with Crippen molar-refractivity contribution in [3.8, 4) is 0 Å². The molecule has 12 nitrogen and oxygen atoms in total. The SMILES string of the molecule is COCCNC(=O)CN1CCN(c2ccc(C(=O)O)cc2NS(=O)(=O)c2ccccc2)CC1.O=C(O)C(F)(F)F. The first-order valence-electron chi connectivity index (χ1n) is 11.7. The van der Waals surface area contributed by atoms with Crippen molar-refractivity contribution in [1.29, 1.82) is 0 Å². The van der Waals surface area contributed by atoms with Gasteiger partial charge in [-0.1, -0.05) is 18.2 Å². The lowest BCUT2D eigenvalue weighted by Gasteiger charge is -2.36. The van der Waals surface area contributed by atoms with E-state index in [2.05, 4.69) is 10.0 Å². The van der Waals surface area contributed by atoms with Crippen molar-refractivity contribution in [3.05, 3.63) is 54.1 Å². The van der Waals surface area contributed by atoms with Crippen LogP contribution in [0.15, 0.2) is 53.4 Å². The standard InChI is InChI=1S/C22H28N4O6S.C2HF3O2/c1-32-14-9-23-21(27)16-25-10-12-26(13-11-25)20-8-7-17(22(28)29)15-19(20)24-33(30,31)18-5-3-2-4-6-18;3-2(4,5)1(6)7/h2-8,15,24H,9-14,16H2,1H3,(H,23,27)(H,28,29);(H,6,7). The Bertz CT molecular complexity index is 1270. The van der Waals surface area contributed by atoms with Gasteiger partial charge in [0.25, 0.3) is 10.0 Å². The van der Waals surface area contributed by atoms with E-state index in [0.29, 0.717) is 45.0 Å². The van der Waals surface area contributed by atoms with E-state index in [1.807, 2.05) is 9.80 Å². The molecule has 0 radical (unpaired) electrons. The predicted octanol–water partition coefficient (Wildman–Crippen LogP) is 1.70. The Morgan fingerprint density at radius 3 is 2.12 bits per heavy atom. The summed E-state index contributed by atoms with van der Waals surface area (Å²) >= 11 is 0. The molecule has 4 N–H and O–H groups in total. The molecular formula is C24H29F3N4O8S. The Labute approximate surface area is 228 Å². The number of hydrogen-bond acceptors (Lipinski definition) is 8. The van der Waals surface area contributed by atoms with E-state index < -0.39 is 28.1 Å². The summed E-state index contributed by atoms with van der Waals surface area (Å²) in [4.78, 5) is 36.5. The van der Waals surface area contributed by atoms with E-state index in [1.165, 1.54) is 24.3 Å². The average molecular weight is 591 g/mol. The zero-order valence-electron chi connectivity index (χ0n) is 21.3. The highest BCUT2D eigenvalue weighted by molar-refractivity contribution is 7.92. The highest BCUT2D eigenvalue weighted by atomic mass is 32.2. The Kier molecular flexibility index (Phi) is 11.7. The van der Waals surface area contributed by atoms with E-state index in [-0.39, 0.29) is 28.6 Å². The van der Waals surface area contributed by atoms with Gasteiger partial charge in [0.05, 0.1) is 35.0 Å². The van der Waals surface area contributed by atoms with Crippen LogP contribution >= 0.6 is 0 Å². The van der Waals surface area contributed by atoms with Crippen LogP contribution < -0.4 is 14.9 Å². The number of nitrogens with one attached hydrogen (secondary N) is 2. The maximum absolute atomic E-state index is 12.9. The molecule has 2 aromatic rings. The minimum atomic E-state index is -5.08. The van der Waals surface area contributed by atoms with Crippen molar-refractivity contribution in [3.63, 3.8) is 0 Å². The lowest BCUT2D eigenvalue weighted by atomic mass is 10.1. The maximum atomic E-state index is 12.9. The molecule has 0 aliphatic carbocycles. The highest BCUT2D eigenvalue weighted by Gasteiger charge is 2.38. The molecule has 1 heterocycles. The van der Waals surface area contributed by atoms with Gasteiger partial charge in [-0.2, -0.15) is 13.2 Å². The lowest BCUT2D eigenvalue weighted by Crippen LogP contribution is -2.49. The fraction of sp³-hybridized carbons (Fsp3) is 0.375. The van der Waals surface area contributed by atoms with Crippen molar-refractivity contribution >= 4 is 39.2 Å². The van der Waals surface area contributed by atoms with E-state index >= 15 is 0 Å². The summed E-state index contributed by atoms with van der Waals surface area (Å²) in [5, 5.41) is 19.3. The second kappa shape index (κ2) is 14.5. The highest BCUT2D eigenvalue weighted by Crippen LogP contribution is 2.30. The van der Waals surface area contributed by atoms with Crippen LogP contribution in [0.4, 0.5) is 24.5 Å². The summed E-state index contributed by atoms with van der Waals surface area (Å²) in [7, 11) is -2.33. The fourth-order valence-corrected chi connectivity index (χ4v) is 4.61. The Morgan fingerprint density at radius 2 is 1.60 bits per heavy atom. The molecule has 0 unspecified atom stereocenters. The number of carboxylic acids is 2. The molecule has 1 aliphatic rings. The molecule has 0 spiro atoms. The van der Waals surface area contributed by atoms with Gasteiger partial charge in [0.15, 0.2) is 0 Å². The molecule has 0 bridgehead atoms. The van der Waals surface area contributed by atoms with Crippen LogP contribution in [0.5, 0.6) is 0 Å². The molecule has 3 rings (SSSR count). The van der Waals surface area contributed by atoms with Crippen molar-refractivity contribution in [2.75, 3.05) is 62.6 Å². The molecule has 0 saturated carbocycles. The molecular weight excluding hydrogens is 561 g/mol. The first-order valence-corrected chi connectivity index (χ1v) is 13.2. The third kappa shape index (κ3) is 10.0. The van der Waals surface area contributed by atoms with Crippen LogP contribution in [0.3, 0.4) is 0 Å². The van der Waals surface area contributed by atoms with Crippen molar-refractivity contribution in [2.45, 2.75) is 11.1 Å². The number of methoxy groups -OCH3 is 1. The number of aromatic carboxylic acids is 1. The number of hydrogen-bond donors (Lipinski definition) is 4. The van der Waals surface area contributed by atoms with Crippen LogP contribution in [0.1, 0.15) is 10.4 Å². The van der Waals surface area contributed by atoms with E-state index in [0.717, 1.165) is 0 Å². The number of carbonyl (C=O) groups is 3. The molecule has 0 aromatic heterocycles. The monoisotopic (exact) mass is 590 g/mol. The summed E-state index contributed by atoms with van der Waals surface area (Å²) in [6, 6.07) is 12.3. The number of rotatable bonds is 10. The van der Waals surface area contributed by atoms with Crippen LogP contribution in [0, 0.1) is 0 Å². The van der Waals surface area contributed by atoms with Crippen LogP contribution in [-0.4, -0.2) is 101 Å². The van der Waals surface area contributed by atoms with Crippen molar-refractivity contribution < 1.29 is 50.9 Å². The van der Waals surface area contributed by atoms with Crippen LogP contribution in [0.2, 0.25) is 0 Å². The number of alkyl halides is 3. The molecule has 220 valence electrons. The van der Waals surface area contributed by atoms with E-state index in [9.17, 15) is 36.3 Å². The molecule has 1 amide bonds. The Balaban J connectivity index is 0.000000708. The predicted molar refractivity (Wildman–Crippen MR) is 138 cm³/mol. The van der Waals surface area contributed by atoms with Gasteiger partial charge in [-0.25, -0.2) is 18.0 Å². The molecule has 0 atom stereocenters. The van der Waals surface area contributed by atoms with Crippen LogP contribution in [-0.2, 0) is 24.3 Å². The third-order valence-corrected chi connectivity index (χ3v) is 6.87. The van der Waals surface area contributed by atoms with Gasteiger partial charge in [0.1, 0.15) is 0 Å². The van der Waals surface area contributed by atoms with Gasteiger partial charge < -0.3 is 25.2 Å². The molecule has 1 saturated heterocycles. The van der Waals surface area contributed by atoms with Gasteiger partial charge in [-0.05, 0) is 30.3 Å². The number of carboxylic acid groups (broad SMARTS) is 2. The zero-order chi connectivity index (χ0) is 29.9. The first-order chi connectivity index (χ1) is 18.7.